The highest BCUT2D eigenvalue weighted by atomic mass is 16.5. The van der Waals surface area contributed by atoms with Gasteiger partial charge >= 0.3 is 11.9 Å². The van der Waals surface area contributed by atoms with Crippen LogP contribution in [0.2, 0.25) is 0 Å². The van der Waals surface area contributed by atoms with Crippen molar-refractivity contribution in [2.45, 2.75) is 142 Å². The SMILES string of the molecule is CCCCCCCCCCCCOC(=O)C1CCCCC1C(=O)OCCCCCCCC. The van der Waals surface area contributed by atoms with Gasteiger partial charge in [0, 0.05) is 0 Å². The second-order valence-corrected chi connectivity index (χ2v) is 9.78. The van der Waals surface area contributed by atoms with Gasteiger partial charge in [0.2, 0.25) is 0 Å². The van der Waals surface area contributed by atoms with Crippen molar-refractivity contribution < 1.29 is 19.1 Å². The fraction of sp³-hybridized carbons (Fsp3) is 0.929. The molecule has 0 aromatic heterocycles. The molecular formula is C28H52O4. The minimum Gasteiger partial charge on any atom is -0.465 e. The number of hydrogen-bond donors (Lipinski definition) is 0. The van der Waals surface area contributed by atoms with Gasteiger partial charge in [-0.05, 0) is 25.7 Å². The summed E-state index contributed by atoms with van der Waals surface area (Å²) in [5, 5.41) is 0. The number of hydrogen-bond acceptors (Lipinski definition) is 4. The number of carbonyl (C=O) groups is 2. The van der Waals surface area contributed by atoms with Crippen molar-refractivity contribution in [2.75, 3.05) is 13.2 Å². The number of unbranched alkanes of at least 4 members (excludes halogenated alkanes) is 14. The van der Waals surface area contributed by atoms with E-state index in [1.165, 1.54) is 77.0 Å². The van der Waals surface area contributed by atoms with Crippen LogP contribution in [0.1, 0.15) is 142 Å². The van der Waals surface area contributed by atoms with E-state index in [9.17, 15) is 9.59 Å². The molecule has 0 aromatic carbocycles. The molecule has 0 heterocycles. The highest BCUT2D eigenvalue weighted by Crippen LogP contribution is 2.32. The fourth-order valence-corrected chi connectivity index (χ4v) is 4.73. The highest BCUT2D eigenvalue weighted by molar-refractivity contribution is 5.82. The van der Waals surface area contributed by atoms with Crippen LogP contribution in [-0.2, 0) is 19.1 Å². The third kappa shape index (κ3) is 14.2. The summed E-state index contributed by atoms with van der Waals surface area (Å²) in [7, 11) is 0. The number of carbonyl (C=O) groups excluding carboxylic acids is 2. The lowest BCUT2D eigenvalue weighted by molar-refractivity contribution is -0.163. The molecule has 1 rings (SSSR count). The molecule has 4 nitrogen and oxygen atoms in total. The van der Waals surface area contributed by atoms with Crippen LogP contribution in [0.5, 0.6) is 0 Å². The Hall–Kier alpha value is -1.06. The molecule has 32 heavy (non-hydrogen) atoms. The topological polar surface area (TPSA) is 52.6 Å². The van der Waals surface area contributed by atoms with Crippen molar-refractivity contribution in [3.05, 3.63) is 0 Å². The van der Waals surface area contributed by atoms with Gasteiger partial charge in [-0.25, -0.2) is 0 Å². The maximum atomic E-state index is 12.6. The van der Waals surface area contributed by atoms with E-state index in [2.05, 4.69) is 13.8 Å². The first-order chi connectivity index (χ1) is 15.7. The van der Waals surface area contributed by atoms with E-state index in [0.29, 0.717) is 13.2 Å². The van der Waals surface area contributed by atoms with Crippen molar-refractivity contribution >= 4 is 11.9 Å². The summed E-state index contributed by atoms with van der Waals surface area (Å²) in [5.41, 5.74) is 0. The molecular weight excluding hydrogens is 400 g/mol. The van der Waals surface area contributed by atoms with Gasteiger partial charge in [-0.1, -0.05) is 117 Å². The predicted octanol–water partition coefficient (Wildman–Crippen LogP) is 8.16. The Labute approximate surface area is 198 Å². The van der Waals surface area contributed by atoms with Gasteiger partial charge in [-0.2, -0.15) is 0 Å². The monoisotopic (exact) mass is 452 g/mol. The Kier molecular flexibility index (Phi) is 18.6. The zero-order valence-corrected chi connectivity index (χ0v) is 21.3. The highest BCUT2D eigenvalue weighted by Gasteiger charge is 2.37. The molecule has 0 bridgehead atoms. The second kappa shape index (κ2) is 20.5. The molecule has 188 valence electrons. The first-order valence-electron chi connectivity index (χ1n) is 14.0. The first kappa shape index (κ1) is 29.0. The third-order valence-corrected chi connectivity index (χ3v) is 6.86. The van der Waals surface area contributed by atoms with Gasteiger partial charge in [-0.15, -0.1) is 0 Å². The maximum absolute atomic E-state index is 12.6. The van der Waals surface area contributed by atoms with Gasteiger partial charge in [0.1, 0.15) is 0 Å². The normalized spacial score (nSPS) is 18.4. The molecule has 0 spiro atoms. The Morgan fingerprint density at radius 3 is 1.19 bits per heavy atom. The summed E-state index contributed by atoms with van der Waals surface area (Å²) < 4.78 is 11.1. The lowest BCUT2D eigenvalue weighted by Gasteiger charge is -2.28. The molecule has 1 aliphatic rings. The molecule has 1 saturated carbocycles. The van der Waals surface area contributed by atoms with E-state index < -0.39 is 0 Å². The first-order valence-corrected chi connectivity index (χ1v) is 14.0. The summed E-state index contributed by atoms with van der Waals surface area (Å²) in [6.45, 7) is 5.45. The minimum atomic E-state index is -0.302. The molecule has 1 fully saturated rings. The van der Waals surface area contributed by atoms with Crippen molar-refractivity contribution in [3.63, 3.8) is 0 Å². The van der Waals surface area contributed by atoms with Crippen molar-refractivity contribution in [1.82, 2.24) is 0 Å². The molecule has 0 aromatic rings. The number of esters is 2. The van der Waals surface area contributed by atoms with Crippen LogP contribution < -0.4 is 0 Å². The van der Waals surface area contributed by atoms with Crippen LogP contribution in [-0.4, -0.2) is 25.2 Å². The summed E-state index contributed by atoms with van der Waals surface area (Å²) in [5.74, 6) is -0.964. The second-order valence-electron chi connectivity index (χ2n) is 9.78. The van der Waals surface area contributed by atoms with Crippen LogP contribution >= 0.6 is 0 Å². The van der Waals surface area contributed by atoms with Gasteiger partial charge in [0.25, 0.3) is 0 Å². The summed E-state index contributed by atoms with van der Waals surface area (Å²) in [4.78, 5) is 25.2. The zero-order valence-electron chi connectivity index (χ0n) is 21.3. The van der Waals surface area contributed by atoms with E-state index in [4.69, 9.17) is 9.47 Å². The summed E-state index contributed by atoms with van der Waals surface area (Å²) >= 11 is 0. The Bertz CT molecular complexity index is 462. The molecule has 0 radical (unpaired) electrons. The molecule has 2 atom stereocenters. The molecule has 0 N–H and O–H groups in total. The summed E-state index contributed by atoms with van der Waals surface area (Å²) in [6.07, 6.45) is 23.2. The molecule has 1 aliphatic carbocycles. The van der Waals surface area contributed by atoms with Crippen LogP contribution in [0.25, 0.3) is 0 Å². The van der Waals surface area contributed by atoms with Gasteiger partial charge < -0.3 is 9.47 Å². The lowest BCUT2D eigenvalue weighted by Crippen LogP contribution is -2.35. The van der Waals surface area contributed by atoms with Crippen LogP contribution in [0.15, 0.2) is 0 Å². The number of ether oxygens (including phenoxy) is 2. The Morgan fingerprint density at radius 2 is 0.844 bits per heavy atom. The molecule has 0 saturated heterocycles. The van der Waals surface area contributed by atoms with E-state index in [0.717, 1.165) is 51.4 Å². The van der Waals surface area contributed by atoms with Gasteiger partial charge in [-0.3, -0.25) is 9.59 Å². The average Bonchev–Trinajstić information content (AvgIpc) is 2.81. The maximum Gasteiger partial charge on any atom is 0.309 e. The quantitative estimate of drug-likeness (QED) is 0.138. The third-order valence-electron chi connectivity index (χ3n) is 6.86. The van der Waals surface area contributed by atoms with Crippen molar-refractivity contribution in [3.8, 4) is 0 Å². The van der Waals surface area contributed by atoms with E-state index in [1.54, 1.807) is 0 Å². The van der Waals surface area contributed by atoms with Crippen LogP contribution in [0.4, 0.5) is 0 Å². The molecule has 4 heteroatoms. The summed E-state index contributed by atoms with van der Waals surface area (Å²) in [6, 6.07) is 0. The minimum absolute atomic E-state index is 0.179. The average molecular weight is 453 g/mol. The van der Waals surface area contributed by atoms with Gasteiger partial charge in [0.15, 0.2) is 0 Å². The molecule has 0 aliphatic heterocycles. The standard InChI is InChI=1S/C28H52O4/c1-3-5-7-9-11-12-13-14-16-20-24-32-28(30)26-22-18-17-21-25(26)27(29)31-23-19-15-10-8-6-4-2/h25-26H,3-24H2,1-2H3. The lowest BCUT2D eigenvalue weighted by atomic mass is 9.79. The fourth-order valence-electron chi connectivity index (χ4n) is 4.73. The Morgan fingerprint density at radius 1 is 0.531 bits per heavy atom. The van der Waals surface area contributed by atoms with Crippen molar-refractivity contribution in [2.24, 2.45) is 11.8 Å². The molecule has 0 amide bonds. The van der Waals surface area contributed by atoms with Gasteiger partial charge in [0.05, 0.1) is 25.0 Å². The van der Waals surface area contributed by atoms with E-state index in [-0.39, 0.29) is 23.8 Å². The van der Waals surface area contributed by atoms with Crippen LogP contribution in [0, 0.1) is 11.8 Å². The van der Waals surface area contributed by atoms with E-state index in [1.807, 2.05) is 0 Å². The molecule has 2 unspecified atom stereocenters. The van der Waals surface area contributed by atoms with E-state index >= 15 is 0 Å². The predicted molar refractivity (Wildman–Crippen MR) is 133 cm³/mol. The largest absolute Gasteiger partial charge is 0.465 e. The zero-order chi connectivity index (χ0) is 23.3. The Balaban J connectivity index is 2.13. The van der Waals surface area contributed by atoms with Crippen molar-refractivity contribution in [1.29, 1.82) is 0 Å². The van der Waals surface area contributed by atoms with Crippen LogP contribution in [0.3, 0.4) is 0 Å². The number of rotatable bonds is 20. The smallest absolute Gasteiger partial charge is 0.309 e.